The third-order valence-corrected chi connectivity index (χ3v) is 0.987. The Bertz CT molecular complexity index is 233. The highest BCUT2D eigenvalue weighted by molar-refractivity contribution is 5.51. The molecule has 0 atom stereocenters. The van der Waals surface area contributed by atoms with Gasteiger partial charge in [-0.15, -0.1) is 0 Å². The molecule has 1 aromatic rings. The van der Waals surface area contributed by atoms with Crippen molar-refractivity contribution in [3.05, 3.63) is 12.1 Å². The van der Waals surface area contributed by atoms with Gasteiger partial charge in [0.1, 0.15) is 5.75 Å². The molecule has 0 heterocycles. The Morgan fingerprint density at radius 3 is 2.20 bits per heavy atom. The minimum Gasteiger partial charge on any atom is -0.507 e. The molecular weight excluding hydrogens is 136 g/mol. The number of benzene rings is 1. The largest absolute Gasteiger partial charge is 0.507 e. The predicted octanol–water partition coefficient (Wildman–Crippen LogP) is 0.309. The van der Waals surface area contributed by atoms with Gasteiger partial charge in [0.2, 0.25) is 5.75 Å². The van der Waals surface area contributed by atoms with Crippen LogP contribution in [-0.2, 0) is 0 Å². The van der Waals surface area contributed by atoms with E-state index in [1.165, 1.54) is 0 Å². The van der Waals surface area contributed by atoms with Crippen molar-refractivity contribution in [3.8, 4) is 23.0 Å². The second kappa shape index (κ2) is 1.98. The van der Waals surface area contributed by atoms with Crippen molar-refractivity contribution in [2.75, 3.05) is 0 Å². The van der Waals surface area contributed by atoms with E-state index >= 15 is 0 Å². The number of aromatic hydroxyl groups is 4. The molecule has 0 aromatic heterocycles. The van der Waals surface area contributed by atoms with Crippen LogP contribution in [0.3, 0.4) is 0 Å². The fraction of sp³-hybridized carbons (Fsp3) is 0. The first kappa shape index (κ1) is 6.54. The Morgan fingerprint density at radius 2 is 1.70 bits per heavy atom. The standard InChI is InChI=1S/C6H5O4/c7-3-1-4(8)6(10)5(9)2-3/h1,7-10H. The molecule has 1 aromatic carbocycles. The van der Waals surface area contributed by atoms with Crippen LogP contribution in [0.25, 0.3) is 0 Å². The zero-order valence-electron chi connectivity index (χ0n) is 4.87. The maximum Gasteiger partial charge on any atom is 0.201 e. The van der Waals surface area contributed by atoms with E-state index < -0.39 is 23.0 Å². The predicted molar refractivity (Wildman–Crippen MR) is 31.9 cm³/mol. The van der Waals surface area contributed by atoms with Crippen molar-refractivity contribution in [2.24, 2.45) is 0 Å². The van der Waals surface area contributed by atoms with E-state index in [0.717, 1.165) is 6.07 Å². The lowest BCUT2D eigenvalue weighted by Crippen LogP contribution is -1.71. The monoisotopic (exact) mass is 141 g/mol. The van der Waals surface area contributed by atoms with Crippen molar-refractivity contribution in [2.45, 2.75) is 0 Å². The number of phenolic OH excluding ortho intramolecular Hbond substituents is 4. The first-order chi connectivity index (χ1) is 4.61. The van der Waals surface area contributed by atoms with Crippen molar-refractivity contribution in [3.63, 3.8) is 0 Å². The summed E-state index contributed by atoms with van der Waals surface area (Å²) in [6.07, 6.45) is 0. The fourth-order valence-corrected chi connectivity index (χ4v) is 0.536. The van der Waals surface area contributed by atoms with E-state index in [1.807, 2.05) is 6.07 Å². The Morgan fingerprint density at radius 1 is 1.10 bits per heavy atom. The molecule has 0 bridgehead atoms. The molecule has 0 unspecified atom stereocenters. The molecular formula is C6H5O4. The van der Waals surface area contributed by atoms with Crippen LogP contribution in [0.1, 0.15) is 0 Å². The summed E-state index contributed by atoms with van der Waals surface area (Å²) in [5.41, 5.74) is 0. The molecule has 0 aliphatic carbocycles. The highest BCUT2D eigenvalue weighted by Crippen LogP contribution is 2.36. The van der Waals surface area contributed by atoms with Crippen LogP contribution in [0.2, 0.25) is 0 Å². The van der Waals surface area contributed by atoms with Crippen molar-refractivity contribution < 1.29 is 20.4 Å². The van der Waals surface area contributed by atoms with Crippen LogP contribution in [-0.4, -0.2) is 20.4 Å². The lowest BCUT2D eigenvalue weighted by atomic mass is 10.3. The van der Waals surface area contributed by atoms with E-state index in [4.69, 9.17) is 20.4 Å². The maximum atomic E-state index is 8.69. The van der Waals surface area contributed by atoms with E-state index in [1.54, 1.807) is 0 Å². The molecule has 1 radical (unpaired) electrons. The number of hydrogen-bond donors (Lipinski definition) is 4. The third kappa shape index (κ3) is 0.907. The van der Waals surface area contributed by atoms with Gasteiger partial charge in [-0.2, -0.15) is 0 Å². The summed E-state index contributed by atoms with van der Waals surface area (Å²) in [6.45, 7) is 0. The minimum absolute atomic E-state index is 0.423. The lowest BCUT2D eigenvalue weighted by molar-refractivity contribution is 0.360. The molecule has 0 spiro atoms. The highest BCUT2D eigenvalue weighted by Gasteiger charge is 2.06. The van der Waals surface area contributed by atoms with Crippen LogP contribution >= 0.6 is 0 Å². The van der Waals surface area contributed by atoms with Gasteiger partial charge in [-0.05, 0) is 0 Å². The Balaban J connectivity index is 3.31. The Kier molecular flexibility index (Phi) is 1.30. The zero-order chi connectivity index (χ0) is 7.72. The quantitative estimate of drug-likeness (QED) is 0.309. The van der Waals surface area contributed by atoms with Gasteiger partial charge < -0.3 is 20.4 Å². The molecule has 0 saturated carbocycles. The van der Waals surface area contributed by atoms with Gasteiger partial charge in [0.05, 0.1) is 6.07 Å². The Labute approximate surface area is 56.6 Å². The van der Waals surface area contributed by atoms with Gasteiger partial charge in [0.25, 0.3) is 0 Å². The maximum absolute atomic E-state index is 8.69. The first-order valence-electron chi connectivity index (χ1n) is 2.47. The first-order valence-corrected chi connectivity index (χ1v) is 2.47. The SMILES string of the molecule is Oc1[c]c(O)c(O)c(O)c1. The second-order valence-electron chi connectivity index (χ2n) is 1.74. The highest BCUT2D eigenvalue weighted by atomic mass is 16.3. The van der Waals surface area contributed by atoms with Gasteiger partial charge in [0.15, 0.2) is 11.5 Å². The molecule has 4 heteroatoms. The van der Waals surface area contributed by atoms with Gasteiger partial charge in [0, 0.05) is 6.07 Å². The molecule has 0 fully saturated rings. The normalized spacial score (nSPS) is 9.60. The van der Waals surface area contributed by atoms with E-state index in [2.05, 4.69) is 0 Å². The second-order valence-corrected chi connectivity index (χ2v) is 1.74. The summed E-state index contributed by atoms with van der Waals surface area (Å²) >= 11 is 0. The third-order valence-electron chi connectivity index (χ3n) is 0.987. The summed E-state index contributed by atoms with van der Waals surface area (Å²) in [5, 5.41) is 34.7. The molecule has 0 aliphatic heterocycles. The number of hydrogen-bond acceptors (Lipinski definition) is 4. The summed E-state index contributed by atoms with van der Waals surface area (Å²) < 4.78 is 0. The molecule has 0 aliphatic rings. The molecule has 1 rings (SSSR count). The van der Waals surface area contributed by atoms with E-state index in [9.17, 15) is 0 Å². The molecule has 53 valence electrons. The van der Waals surface area contributed by atoms with E-state index in [0.29, 0.717) is 0 Å². The van der Waals surface area contributed by atoms with Crippen LogP contribution in [0.4, 0.5) is 0 Å². The summed E-state index contributed by atoms with van der Waals surface area (Å²) in [4.78, 5) is 0. The average molecular weight is 141 g/mol. The van der Waals surface area contributed by atoms with Crippen LogP contribution in [0, 0.1) is 6.07 Å². The van der Waals surface area contributed by atoms with Crippen LogP contribution in [0.15, 0.2) is 6.07 Å². The summed E-state index contributed by atoms with van der Waals surface area (Å²) in [5.74, 6) is -2.35. The fourth-order valence-electron chi connectivity index (χ4n) is 0.536. The molecule has 4 nitrogen and oxygen atoms in total. The molecule has 4 N–H and O–H groups in total. The van der Waals surface area contributed by atoms with Crippen molar-refractivity contribution >= 4 is 0 Å². The smallest absolute Gasteiger partial charge is 0.201 e. The zero-order valence-corrected chi connectivity index (χ0v) is 4.87. The van der Waals surface area contributed by atoms with Gasteiger partial charge in [-0.3, -0.25) is 0 Å². The van der Waals surface area contributed by atoms with Crippen molar-refractivity contribution in [1.82, 2.24) is 0 Å². The van der Waals surface area contributed by atoms with E-state index in [-0.39, 0.29) is 0 Å². The average Bonchev–Trinajstić information content (AvgIpc) is 1.82. The molecule has 0 saturated heterocycles. The molecule has 0 amide bonds. The lowest BCUT2D eigenvalue weighted by Gasteiger charge is -1.98. The van der Waals surface area contributed by atoms with Gasteiger partial charge in [-0.1, -0.05) is 0 Å². The summed E-state index contributed by atoms with van der Waals surface area (Å²) in [6, 6.07) is 2.85. The molecule has 10 heavy (non-hydrogen) atoms. The van der Waals surface area contributed by atoms with Gasteiger partial charge in [-0.25, -0.2) is 0 Å². The topological polar surface area (TPSA) is 80.9 Å². The van der Waals surface area contributed by atoms with Crippen LogP contribution in [0.5, 0.6) is 23.0 Å². The summed E-state index contributed by atoms with van der Waals surface area (Å²) in [7, 11) is 0. The van der Waals surface area contributed by atoms with Gasteiger partial charge >= 0.3 is 0 Å². The number of phenols is 4. The Hall–Kier alpha value is -1.58. The van der Waals surface area contributed by atoms with Crippen LogP contribution < -0.4 is 0 Å². The minimum atomic E-state index is -0.683. The number of rotatable bonds is 0. The van der Waals surface area contributed by atoms with Crippen molar-refractivity contribution in [1.29, 1.82) is 0 Å².